The molecule has 0 saturated heterocycles. The second kappa shape index (κ2) is 5.35. The van der Waals surface area contributed by atoms with Gasteiger partial charge in [-0.25, -0.2) is 0 Å². The highest BCUT2D eigenvalue weighted by atomic mass is 15.1. The maximum Gasteiger partial charge on any atom is 0.0337 e. The molecule has 88 valence electrons. The van der Waals surface area contributed by atoms with Crippen LogP contribution >= 0.6 is 0 Å². The van der Waals surface area contributed by atoms with Crippen molar-refractivity contribution in [2.24, 2.45) is 5.92 Å². The minimum atomic E-state index is 0.960. The second-order valence-electron chi connectivity index (χ2n) is 4.94. The summed E-state index contributed by atoms with van der Waals surface area (Å²) in [5.41, 5.74) is 2.59. The molecule has 1 aliphatic rings. The number of nitrogens with one attached hydrogen (secondary N) is 1. The number of hydrogen-bond donors (Lipinski definition) is 1. The summed E-state index contributed by atoms with van der Waals surface area (Å²) in [5.74, 6) is 0.960. The van der Waals surface area contributed by atoms with Crippen LogP contribution in [0.25, 0.3) is 0 Å². The van der Waals surface area contributed by atoms with Crippen LogP contribution < -0.4 is 5.32 Å². The molecular weight excluding hydrogens is 196 g/mol. The van der Waals surface area contributed by atoms with E-state index in [2.05, 4.69) is 41.5 Å². The molecule has 1 aromatic rings. The minimum absolute atomic E-state index is 0.960. The number of rotatable bonds is 5. The lowest BCUT2D eigenvalue weighted by molar-refractivity contribution is 0.200. The Morgan fingerprint density at radius 2 is 1.94 bits per heavy atom. The largest absolute Gasteiger partial charge is 0.388 e. The van der Waals surface area contributed by atoms with Gasteiger partial charge in [-0.3, -0.25) is 0 Å². The molecule has 0 amide bonds. The molecule has 1 aliphatic carbocycles. The number of nitrogens with zero attached hydrogens (tertiary/aromatic N) is 1. The monoisotopic (exact) mass is 218 g/mol. The molecule has 1 fully saturated rings. The second-order valence-corrected chi connectivity index (χ2v) is 4.94. The van der Waals surface area contributed by atoms with Crippen molar-refractivity contribution in [2.45, 2.75) is 25.8 Å². The third kappa shape index (κ3) is 2.99. The van der Waals surface area contributed by atoms with Crippen LogP contribution in [0.15, 0.2) is 24.3 Å². The van der Waals surface area contributed by atoms with Gasteiger partial charge in [0, 0.05) is 25.8 Å². The van der Waals surface area contributed by atoms with Crippen LogP contribution in [0.1, 0.15) is 24.8 Å². The first-order valence-corrected chi connectivity index (χ1v) is 6.23. The molecule has 0 atom stereocenters. The summed E-state index contributed by atoms with van der Waals surface area (Å²) in [6.45, 7) is 2.33. The highest BCUT2D eigenvalue weighted by molar-refractivity contribution is 5.43. The summed E-state index contributed by atoms with van der Waals surface area (Å²) in [4.78, 5) is 2.44. The van der Waals surface area contributed by atoms with E-state index in [-0.39, 0.29) is 0 Å². The fourth-order valence-corrected chi connectivity index (χ4v) is 2.27. The van der Waals surface area contributed by atoms with Crippen molar-refractivity contribution in [2.75, 3.05) is 26.0 Å². The van der Waals surface area contributed by atoms with E-state index in [9.17, 15) is 0 Å². The highest BCUT2D eigenvalue weighted by Crippen LogP contribution is 2.27. The lowest BCUT2D eigenvalue weighted by atomic mass is 9.85. The molecule has 2 heteroatoms. The van der Waals surface area contributed by atoms with E-state index in [1.807, 2.05) is 7.05 Å². The van der Waals surface area contributed by atoms with Gasteiger partial charge in [0.25, 0.3) is 0 Å². The van der Waals surface area contributed by atoms with Crippen molar-refractivity contribution in [1.29, 1.82) is 0 Å². The zero-order valence-corrected chi connectivity index (χ0v) is 10.4. The molecule has 16 heavy (non-hydrogen) atoms. The number of benzene rings is 1. The minimum Gasteiger partial charge on any atom is -0.388 e. The van der Waals surface area contributed by atoms with Gasteiger partial charge in [-0.05, 0) is 43.5 Å². The summed E-state index contributed by atoms with van der Waals surface area (Å²) >= 11 is 0. The third-order valence-electron chi connectivity index (χ3n) is 3.49. The Kier molecular flexibility index (Phi) is 3.83. The summed E-state index contributed by atoms with van der Waals surface area (Å²) in [6, 6.07) is 8.71. The average molecular weight is 218 g/mol. The molecule has 2 rings (SSSR count). The fraction of sp³-hybridized carbons (Fsp3) is 0.571. The van der Waals surface area contributed by atoms with Crippen LogP contribution in [-0.2, 0) is 6.54 Å². The average Bonchev–Trinajstić information content (AvgIpc) is 2.25. The van der Waals surface area contributed by atoms with E-state index >= 15 is 0 Å². The van der Waals surface area contributed by atoms with Crippen LogP contribution in [0, 0.1) is 5.92 Å². The summed E-state index contributed by atoms with van der Waals surface area (Å²) in [7, 11) is 4.18. The molecular formula is C14H22N2. The summed E-state index contributed by atoms with van der Waals surface area (Å²) < 4.78 is 0. The smallest absolute Gasteiger partial charge is 0.0337 e. The molecule has 0 unspecified atom stereocenters. The molecule has 1 N–H and O–H groups in total. The van der Waals surface area contributed by atoms with Crippen molar-refractivity contribution >= 4 is 5.69 Å². The van der Waals surface area contributed by atoms with E-state index < -0.39 is 0 Å². The fourth-order valence-electron chi connectivity index (χ4n) is 2.27. The van der Waals surface area contributed by atoms with Crippen LogP contribution in [0.4, 0.5) is 5.69 Å². The van der Waals surface area contributed by atoms with Gasteiger partial charge in [0.2, 0.25) is 0 Å². The van der Waals surface area contributed by atoms with E-state index in [4.69, 9.17) is 0 Å². The predicted molar refractivity (Wildman–Crippen MR) is 69.7 cm³/mol. The molecule has 0 spiro atoms. The van der Waals surface area contributed by atoms with Crippen molar-refractivity contribution in [1.82, 2.24) is 4.90 Å². The van der Waals surface area contributed by atoms with Crippen molar-refractivity contribution in [3.05, 3.63) is 29.8 Å². The lowest BCUT2D eigenvalue weighted by Crippen LogP contribution is -2.29. The Labute approximate surface area is 98.7 Å². The first kappa shape index (κ1) is 11.5. The van der Waals surface area contributed by atoms with Gasteiger partial charge >= 0.3 is 0 Å². The normalized spacial score (nSPS) is 16.2. The van der Waals surface area contributed by atoms with Gasteiger partial charge in [0.1, 0.15) is 0 Å². The topological polar surface area (TPSA) is 15.3 Å². The highest BCUT2D eigenvalue weighted by Gasteiger charge is 2.18. The zero-order valence-electron chi connectivity index (χ0n) is 10.4. The van der Waals surface area contributed by atoms with Gasteiger partial charge in [0.05, 0.1) is 0 Å². The van der Waals surface area contributed by atoms with Gasteiger partial charge in [-0.2, -0.15) is 0 Å². The summed E-state index contributed by atoms with van der Waals surface area (Å²) in [5, 5.41) is 3.14. The van der Waals surface area contributed by atoms with E-state index in [1.54, 1.807) is 0 Å². The first-order valence-electron chi connectivity index (χ1n) is 6.23. The molecule has 0 radical (unpaired) electrons. The Hall–Kier alpha value is -1.02. The molecule has 0 bridgehead atoms. The third-order valence-corrected chi connectivity index (χ3v) is 3.49. The van der Waals surface area contributed by atoms with E-state index in [0.717, 1.165) is 12.5 Å². The van der Waals surface area contributed by atoms with Crippen LogP contribution in [0.5, 0.6) is 0 Å². The Bertz CT molecular complexity index is 314. The Morgan fingerprint density at radius 1 is 1.25 bits per heavy atom. The molecule has 2 nitrogen and oxygen atoms in total. The van der Waals surface area contributed by atoms with Crippen molar-refractivity contribution < 1.29 is 0 Å². The maximum atomic E-state index is 3.14. The van der Waals surface area contributed by atoms with Gasteiger partial charge in [-0.1, -0.05) is 18.6 Å². The van der Waals surface area contributed by atoms with Crippen LogP contribution in [-0.4, -0.2) is 25.5 Å². The quantitative estimate of drug-likeness (QED) is 0.817. The SMILES string of the molecule is CNc1ccc(CN(C)CC2CCC2)cc1. The molecule has 0 aromatic heterocycles. The molecule has 0 aliphatic heterocycles. The summed E-state index contributed by atoms with van der Waals surface area (Å²) in [6.07, 6.45) is 4.31. The van der Waals surface area contributed by atoms with Crippen molar-refractivity contribution in [3.63, 3.8) is 0 Å². The Balaban J connectivity index is 1.82. The predicted octanol–water partition coefficient (Wildman–Crippen LogP) is 2.96. The zero-order chi connectivity index (χ0) is 11.4. The van der Waals surface area contributed by atoms with E-state index in [1.165, 1.54) is 37.1 Å². The van der Waals surface area contributed by atoms with Gasteiger partial charge in [0.15, 0.2) is 0 Å². The maximum absolute atomic E-state index is 3.14. The molecule has 1 saturated carbocycles. The molecule has 1 aromatic carbocycles. The van der Waals surface area contributed by atoms with E-state index in [0.29, 0.717) is 0 Å². The van der Waals surface area contributed by atoms with Crippen LogP contribution in [0.2, 0.25) is 0 Å². The standard InChI is InChI=1S/C14H22N2/c1-15-14-8-6-13(7-9-14)11-16(2)10-12-4-3-5-12/h6-9,12,15H,3-5,10-11H2,1-2H3. The Morgan fingerprint density at radius 3 is 2.44 bits per heavy atom. The van der Waals surface area contributed by atoms with Gasteiger partial charge in [-0.15, -0.1) is 0 Å². The number of hydrogen-bond acceptors (Lipinski definition) is 2. The van der Waals surface area contributed by atoms with Crippen molar-refractivity contribution in [3.8, 4) is 0 Å². The molecule has 0 heterocycles. The first-order chi connectivity index (χ1) is 7.78. The van der Waals surface area contributed by atoms with Crippen LogP contribution in [0.3, 0.4) is 0 Å². The number of anilines is 1. The van der Waals surface area contributed by atoms with Gasteiger partial charge < -0.3 is 10.2 Å². The lowest BCUT2D eigenvalue weighted by Gasteiger charge is -2.30.